The lowest BCUT2D eigenvalue weighted by Gasteiger charge is -2.29. The number of rotatable bonds is 4. The number of hydrogen-bond acceptors (Lipinski definition) is 3. The molecule has 1 aliphatic heterocycles. The summed E-state index contributed by atoms with van der Waals surface area (Å²) in [5, 5.41) is 0. The third-order valence-corrected chi connectivity index (χ3v) is 4.70. The summed E-state index contributed by atoms with van der Waals surface area (Å²) < 4.78 is 0. The number of nitrogens with zero attached hydrogens (tertiary/aromatic N) is 2. The Labute approximate surface area is 123 Å². The maximum Gasteiger partial charge on any atom is 0.236 e. The van der Waals surface area contributed by atoms with E-state index in [1.807, 2.05) is 18.7 Å². The number of carbonyl (C=O) groups excluding carboxylic acids is 1. The van der Waals surface area contributed by atoms with Crippen LogP contribution in [0.2, 0.25) is 0 Å². The van der Waals surface area contributed by atoms with Crippen molar-refractivity contribution in [2.45, 2.75) is 39.2 Å². The van der Waals surface area contributed by atoms with Gasteiger partial charge in [0, 0.05) is 32.2 Å². The summed E-state index contributed by atoms with van der Waals surface area (Å²) >= 11 is 0. The molecule has 19 heavy (non-hydrogen) atoms. The molecular formula is C14H28ClN3O. The number of halogens is 1. The predicted molar refractivity (Wildman–Crippen MR) is 80.4 cm³/mol. The van der Waals surface area contributed by atoms with E-state index in [4.69, 9.17) is 5.73 Å². The first-order valence-electron chi connectivity index (χ1n) is 7.41. The molecule has 0 spiro atoms. The van der Waals surface area contributed by atoms with Gasteiger partial charge in [-0.1, -0.05) is 6.42 Å². The lowest BCUT2D eigenvalue weighted by molar-refractivity contribution is -0.131. The van der Waals surface area contributed by atoms with Crippen molar-refractivity contribution in [1.82, 2.24) is 9.80 Å². The van der Waals surface area contributed by atoms with Crippen LogP contribution in [0.3, 0.4) is 0 Å². The topological polar surface area (TPSA) is 49.6 Å². The number of likely N-dealkylation sites (tertiary alicyclic amines) is 1. The van der Waals surface area contributed by atoms with Crippen molar-refractivity contribution in [3.63, 3.8) is 0 Å². The van der Waals surface area contributed by atoms with E-state index in [-0.39, 0.29) is 18.3 Å². The first kappa shape index (κ1) is 16.7. The molecule has 0 aromatic rings. The highest BCUT2D eigenvalue weighted by atomic mass is 35.5. The Balaban J connectivity index is 0.00000180. The van der Waals surface area contributed by atoms with E-state index in [2.05, 4.69) is 4.90 Å². The van der Waals surface area contributed by atoms with Gasteiger partial charge in [0.2, 0.25) is 5.91 Å². The normalized spacial score (nSPS) is 30.6. The Morgan fingerprint density at radius 2 is 1.95 bits per heavy atom. The fourth-order valence-corrected chi connectivity index (χ4v) is 3.61. The molecule has 3 atom stereocenters. The molecule has 0 aromatic heterocycles. The largest absolute Gasteiger partial charge is 0.342 e. The second-order valence-electron chi connectivity index (χ2n) is 5.78. The SMILES string of the molecule is CCN(CC)C(=O)CN1CC2CCCC(N)C2C1.Cl. The summed E-state index contributed by atoms with van der Waals surface area (Å²) in [5.74, 6) is 1.63. The standard InChI is InChI=1S/C14H27N3O.ClH/c1-3-17(4-2)14(18)10-16-8-11-6-5-7-13(15)12(11)9-16;/h11-13H,3-10,15H2,1-2H3;1H. The van der Waals surface area contributed by atoms with Gasteiger partial charge in [-0.25, -0.2) is 0 Å². The Kier molecular flexibility index (Phi) is 6.57. The molecule has 1 amide bonds. The van der Waals surface area contributed by atoms with E-state index in [0.29, 0.717) is 18.5 Å². The van der Waals surface area contributed by atoms with Crippen LogP contribution in [0.25, 0.3) is 0 Å². The fourth-order valence-electron chi connectivity index (χ4n) is 3.61. The van der Waals surface area contributed by atoms with Crippen molar-refractivity contribution in [3.05, 3.63) is 0 Å². The van der Waals surface area contributed by atoms with Crippen LogP contribution in [0, 0.1) is 11.8 Å². The van der Waals surface area contributed by atoms with E-state index < -0.39 is 0 Å². The smallest absolute Gasteiger partial charge is 0.236 e. The third-order valence-electron chi connectivity index (χ3n) is 4.70. The summed E-state index contributed by atoms with van der Waals surface area (Å²) in [7, 11) is 0. The molecule has 0 aromatic carbocycles. The Morgan fingerprint density at radius 3 is 2.53 bits per heavy atom. The molecule has 5 heteroatoms. The van der Waals surface area contributed by atoms with Gasteiger partial charge >= 0.3 is 0 Å². The minimum absolute atomic E-state index is 0. The summed E-state index contributed by atoms with van der Waals surface area (Å²) in [6.45, 7) is 8.40. The molecule has 0 bridgehead atoms. The first-order valence-corrected chi connectivity index (χ1v) is 7.41. The average Bonchev–Trinajstić information content (AvgIpc) is 2.74. The van der Waals surface area contributed by atoms with Crippen molar-refractivity contribution >= 4 is 18.3 Å². The van der Waals surface area contributed by atoms with E-state index in [9.17, 15) is 4.79 Å². The molecule has 2 N–H and O–H groups in total. The molecule has 2 rings (SSSR count). The van der Waals surface area contributed by atoms with E-state index in [1.165, 1.54) is 19.3 Å². The summed E-state index contributed by atoms with van der Waals surface area (Å²) in [6.07, 6.45) is 3.73. The predicted octanol–water partition coefficient (Wildman–Crippen LogP) is 1.34. The lowest BCUT2D eigenvalue weighted by atomic mass is 9.78. The van der Waals surface area contributed by atoms with Gasteiger partial charge in [0.15, 0.2) is 0 Å². The van der Waals surface area contributed by atoms with Gasteiger partial charge in [-0.2, -0.15) is 0 Å². The maximum atomic E-state index is 12.1. The van der Waals surface area contributed by atoms with Crippen molar-refractivity contribution < 1.29 is 4.79 Å². The van der Waals surface area contributed by atoms with E-state index in [1.54, 1.807) is 0 Å². The molecule has 3 unspecified atom stereocenters. The highest BCUT2D eigenvalue weighted by molar-refractivity contribution is 5.85. The Morgan fingerprint density at radius 1 is 1.26 bits per heavy atom. The van der Waals surface area contributed by atoms with Crippen LogP contribution in [0.1, 0.15) is 33.1 Å². The summed E-state index contributed by atoms with van der Waals surface area (Å²) in [5.41, 5.74) is 6.20. The van der Waals surface area contributed by atoms with Gasteiger partial charge in [-0.05, 0) is 38.5 Å². The first-order chi connectivity index (χ1) is 8.65. The van der Waals surface area contributed by atoms with Crippen LogP contribution in [0.15, 0.2) is 0 Å². The number of carbonyl (C=O) groups is 1. The quantitative estimate of drug-likeness (QED) is 0.850. The molecule has 1 heterocycles. The van der Waals surface area contributed by atoms with Crippen molar-refractivity contribution in [2.75, 3.05) is 32.7 Å². The van der Waals surface area contributed by atoms with Gasteiger partial charge in [0.1, 0.15) is 0 Å². The van der Waals surface area contributed by atoms with Crippen molar-refractivity contribution in [1.29, 1.82) is 0 Å². The molecule has 112 valence electrons. The van der Waals surface area contributed by atoms with Gasteiger partial charge in [-0.15, -0.1) is 12.4 Å². The summed E-state index contributed by atoms with van der Waals surface area (Å²) in [4.78, 5) is 16.3. The lowest BCUT2D eigenvalue weighted by Crippen LogP contribution is -2.40. The van der Waals surface area contributed by atoms with Crippen molar-refractivity contribution in [3.8, 4) is 0 Å². The second kappa shape index (κ2) is 7.46. The molecule has 2 aliphatic rings. The van der Waals surface area contributed by atoms with Crippen LogP contribution >= 0.6 is 12.4 Å². The fraction of sp³-hybridized carbons (Fsp3) is 0.929. The molecule has 1 saturated heterocycles. The zero-order valence-corrected chi connectivity index (χ0v) is 13.0. The van der Waals surface area contributed by atoms with Gasteiger partial charge in [-0.3, -0.25) is 9.69 Å². The summed E-state index contributed by atoms with van der Waals surface area (Å²) in [6, 6.07) is 0.359. The number of likely N-dealkylation sites (N-methyl/N-ethyl adjacent to an activating group) is 1. The minimum Gasteiger partial charge on any atom is -0.342 e. The number of amides is 1. The molecule has 1 aliphatic carbocycles. The molecule has 0 radical (unpaired) electrons. The second-order valence-corrected chi connectivity index (χ2v) is 5.78. The Hall–Kier alpha value is -0.320. The van der Waals surface area contributed by atoms with Crippen LogP contribution in [0.4, 0.5) is 0 Å². The van der Waals surface area contributed by atoms with E-state index >= 15 is 0 Å². The number of nitrogens with two attached hydrogens (primary N) is 1. The number of hydrogen-bond donors (Lipinski definition) is 1. The van der Waals surface area contributed by atoms with Gasteiger partial charge in [0.25, 0.3) is 0 Å². The van der Waals surface area contributed by atoms with Crippen LogP contribution in [0.5, 0.6) is 0 Å². The van der Waals surface area contributed by atoms with Crippen molar-refractivity contribution in [2.24, 2.45) is 17.6 Å². The zero-order valence-electron chi connectivity index (χ0n) is 12.2. The molecule has 1 saturated carbocycles. The maximum absolute atomic E-state index is 12.1. The monoisotopic (exact) mass is 289 g/mol. The molecular weight excluding hydrogens is 262 g/mol. The Bertz CT molecular complexity index is 296. The van der Waals surface area contributed by atoms with Crippen LogP contribution in [-0.4, -0.2) is 54.5 Å². The highest BCUT2D eigenvalue weighted by Gasteiger charge is 2.39. The third kappa shape index (κ3) is 3.83. The average molecular weight is 290 g/mol. The van der Waals surface area contributed by atoms with Crippen LogP contribution in [-0.2, 0) is 4.79 Å². The minimum atomic E-state index is 0. The van der Waals surface area contributed by atoms with Gasteiger partial charge in [0.05, 0.1) is 6.54 Å². The van der Waals surface area contributed by atoms with E-state index in [0.717, 1.165) is 32.1 Å². The highest BCUT2D eigenvalue weighted by Crippen LogP contribution is 2.35. The number of fused-ring (bicyclic) bond motifs is 1. The van der Waals surface area contributed by atoms with Crippen LogP contribution < -0.4 is 5.73 Å². The zero-order chi connectivity index (χ0) is 13.1. The molecule has 2 fully saturated rings. The van der Waals surface area contributed by atoms with Gasteiger partial charge < -0.3 is 10.6 Å². The molecule has 4 nitrogen and oxygen atoms in total.